The van der Waals surface area contributed by atoms with Crippen molar-refractivity contribution in [1.82, 2.24) is 5.43 Å². The van der Waals surface area contributed by atoms with E-state index in [0.29, 0.717) is 35.4 Å². The molecule has 0 fully saturated rings. The number of aryl methyl sites for hydroxylation is 1. The highest BCUT2D eigenvalue weighted by Crippen LogP contribution is 2.32. The van der Waals surface area contributed by atoms with Gasteiger partial charge in [0, 0.05) is 23.2 Å². The first-order valence-corrected chi connectivity index (χ1v) is 10.7. The largest absolute Gasteiger partial charge is 0.455 e. The molecule has 0 bridgehead atoms. The highest BCUT2D eigenvalue weighted by atomic mass is 19.4. The van der Waals surface area contributed by atoms with Crippen molar-refractivity contribution in [2.24, 2.45) is 5.10 Å². The fourth-order valence-corrected chi connectivity index (χ4v) is 3.91. The maximum Gasteiger partial charge on any atom is 0.416 e. The van der Waals surface area contributed by atoms with Gasteiger partial charge in [-0.1, -0.05) is 36.4 Å². The lowest BCUT2D eigenvalue weighted by Crippen LogP contribution is -2.23. The van der Waals surface area contributed by atoms with Gasteiger partial charge in [0.2, 0.25) is 5.91 Å². The Hall–Kier alpha value is -3.88. The summed E-state index contributed by atoms with van der Waals surface area (Å²) in [6, 6.07) is 13.7. The van der Waals surface area contributed by atoms with Crippen molar-refractivity contribution >= 4 is 23.2 Å². The minimum Gasteiger partial charge on any atom is -0.455 e. The minimum absolute atomic E-state index is 0.00706. The van der Waals surface area contributed by atoms with Crippen LogP contribution in [-0.4, -0.2) is 17.5 Å². The van der Waals surface area contributed by atoms with Gasteiger partial charge in [0.1, 0.15) is 5.76 Å². The molecule has 0 saturated heterocycles. The maximum atomic E-state index is 13.0. The fourth-order valence-electron chi connectivity index (χ4n) is 3.91. The van der Waals surface area contributed by atoms with E-state index in [1.165, 1.54) is 12.1 Å². The molecule has 1 aromatic heterocycles. The van der Waals surface area contributed by atoms with Crippen LogP contribution in [0.2, 0.25) is 0 Å². The van der Waals surface area contributed by atoms with E-state index in [1.807, 2.05) is 30.3 Å². The number of nitrogens with zero attached hydrogens (tertiary/aromatic N) is 1. The van der Waals surface area contributed by atoms with Crippen LogP contribution >= 0.6 is 0 Å². The number of furan rings is 1. The number of anilines is 1. The molecule has 4 rings (SSSR count). The molecule has 34 heavy (non-hydrogen) atoms. The molecular formula is C25H22F3N3O3. The molecule has 2 N–H and O–H groups in total. The molecule has 176 valence electrons. The van der Waals surface area contributed by atoms with Gasteiger partial charge in [-0.3, -0.25) is 9.59 Å². The van der Waals surface area contributed by atoms with Crippen molar-refractivity contribution in [2.45, 2.75) is 38.8 Å². The van der Waals surface area contributed by atoms with Crippen LogP contribution < -0.4 is 10.7 Å². The van der Waals surface area contributed by atoms with Crippen molar-refractivity contribution in [2.75, 3.05) is 5.32 Å². The predicted molar refractivity (Wildman–Crippen MR) is 121 cm³/mol. The lowest BCUT2D eigenvalue weighted by Gasteiger charge is -2.13. The van der Waals surface area contributed by atoms with Gasteiger partial charge in [0.15, 0.2) is 5.76 Å². The number of hydrogen-bond donors (Lipinski definition) is 2. The summed E-state index contributed by atoms with van der Waals surface area (Å²) in [6.07, 6.45) is -2.43. The summed E-state index contributed by atoms with van der Waals surface area (Å²) in [5.74, 6) is -0.352. The molecule has 6 nitrogen and oxygen atoms in total. The number of alkyl halides is 3. The number of hydrogen-bond acceptors (Lipinski definition) is 4. The van der Waals surface area contributed by atoms with E-state index in [9.17, 15) is 22.8 Å². The molecule has 2 amide bonds. The Kier molecular flexibility index (Phi) is 6.54. The first kappa shape index (κ1) is 23.3. The zero-order valence-electron chi connectivity index (χ0n) is 18.3. The summed E-state index contributed by atoms with van der Waals surface area (Å²) in [5.41, 5.74) is 4.35. The smallest absolute Gasteiger partial charge is 0.416 e. The van der Waals surface area contributed by atoms with Crippen molar-refractivity contribution in [1.29, 1.82) is 0 Å². The lowest BCUT2D eigenvalue weighted by molar-refractivity contribution is -0.137. The van der Waals surface area contributed by atoms with E-state index in [2.05, 4.69) is 15.8 Å². The fraction of sp³-hybridized carbons (Fsp3) is 0.240. The van der Waals surface area contributed by atoms with E-state index in [0.717, 1.165) is 24.1 Å². The van der Waals surface area contributed by atoms with Gasteiger partial charge in [-0.15, -0.1) is 0 Å². The normalized spacial score (nSPS) is 14.5. The zero-order chi connectivity index (χ0) is 24.3. The molecule has 0 radical (unpaired) electrons. The van der Waals surface area contributed by atoms with Crippen LogP contribution in [0.5, 0.6) is 0 Å². The van der Waals surface area contributed by atoms with Gasteiger partial charge >= 0.3 is 6.18 Å². The van der Waals surface area contributed by atoms with Gasteiger partial charge in [-0.2, -0.15) is 18.3 Å². The lowest BCUT2D eigenvalue weighted by atomic mass is 9.93. The summed E-state index contributed by atoms with van der Waals surface area (Å²) in [6.45, 7) is 1.69. The SMILES string of the molecule is Cc1c(C(=O)Nc2cccc(C(F)(F)F)c2)oc2c1/C(=N/NC(=O)Cc1ccccc1)CCC2. The Labute approximate surface area is 193 Å². The molecule has 0 unspecified atom stereocenters. The van der Waals surface area contributed by atoms with Crippen molar-refractivity contribution in [3.05, 3.63) is 88.4 Å². The van der Waals surface area contributed by atoms with E-state index < -0.39 is 17.6 Å². The predicted octanol–water partition coefficient (Wildman–Crippen LogP) is 5.26. The number of carbonyl (C=O) groups excluding carboxylic acids is 2. The average molecular weight is 469 g/mol. The molecule has 0 saturated carbocycles. The second kappa shape index (κ2) is 9.54. The van der Waals surface area contributed by atoms with E-state index in [1.54, 1.807) is 6.92 Å². The van der Waals surface area contributed by atoms with Crippen molar-refractivity contribution in [3.8, 4) is 0 Å². The van der Waals surface area contributed by atoms with Gasteiger partial charge in [-0.05, 0) is 43.5 Å². The molecule has 9 heteroatoms. The molecule has 2 aromatic carbocycles. The van der Waals surface area contributed by atoms with E-state index in [4.69, 9.17) is 4.42 Å². The third-order valence-corrected chi connectivity index (χ3v) is 5.50. The molecule has 3 aromatic rings. The average Bonchev–Trinajstić information content (AvgIpc) is 3.15. The quantitative estimate of drug-likeness (QED) is 0.500. The minimum atomic E-state index is -4.52. The van der Waals surface area contributed by atoms with Crippen LogP contribution in [0, 0.1) is 6.92 Å². The Morgan fingerprint density at radius 3 is 2.56 bits per heavy atom. The van der Waals surface area contributed by atoms with Crippen LogP contribution in [0.15, 0.2) is 64.1 Å². The van der Waals surface area contributed by atoms with Crippen molar-refractivity contribution < 1.29 is 27.2 Å². The summed E-state index contributed by atoms with van der Waals surface area (Å²) < 4.78 is 44.7. The number of benzene rings is 2. The van der Waals surface area contributed by atoms with Gasteiger partial charge in [-0.25, -0.2) is 5.43 Å². The van der Waals surface area contributed by atoms with Gasteiger partial charge < -0.3 is 9.73 Å². The number of carbonyl (C=O) groups is 2. The van der Waals surface area contributed by atoms with Crippen molar-refractivity contribution in [3.63, 3.8) is 0 Å². The summed E-state index contributed by atoms with van der Waals surface area (Å²) >= 11 is 0. The summed E-state index contributed by atoms with van der Waals surface area (Å²) in [7, 11) is 0. The van der Waals surface area contributed by atoms with E-state index in [-0.39, 0.29) is 23.8 Å². The number of fused-ring (bicyclic) bond motifs is 1. The Morgan fingerprint density at radius 2 is 1.82 bits per heavy atom. The number of halogens is 3. The Morgan fingerprint density at radius 1 is 1.06 bits per heavy atom. The number of hydrazone groups is 1. The molecule has 1 aliphatic carbocycles. The topological polar surface area (TPSA) is 83.7 Å². The number of rotatable bonds is 5. The summed E-state index contributed by atoms with van der Waals surface area (Å²) in [5, 5.41) is 6.75. The van der Waals surface area contributed by atoms with Crippen LogP contribution in [0.3, 0.4) is 0 Å². The van der Waals surface area contributed by atoms with Crippen LogP contribution in [0.1, 0.15) is 51.4 Å². The Balaban J connectivity index is 1.51. The van der Waals surface area contributed by atoms with Crippen LogP contribution in [-0.2, 0) is 23.8 Å². The maximum absolute atomic E-state index is 13.0. The third-order valence-electron chi connectivity index (χ3n) is 5.50. The molecule has 1 aliphatic rings. The third kappa shape index (κ3) is 5.19. The number of amides is 2. The molecule has 0 spiro atoms. The van der Waals surface area contributed by atoms with Crippen LogP contribution in [0.25, 0.3) is 0 Å². The molecule has 0 atom stereocenters. The molecular weight excluding hydrogens is 447 g/mol. The van der Waals surface area contributed by atoms with E-state index >= 15 is 0 Å². The zero-order valence-corrected chi connectivity index (χ0v) is 18.3. The Bertz CT molecular complexity index is 1250. The van der Waals surface area contributed by atoms with Gasteiger partial charge in [0.25, 0.3) is 5.91 Å². The highest BCUT2D eigenvalue weighted by Gasteiger charge is 2.31. The second-order valence-corrected chi connectivity index (χ2v) is 8.00. The first-order valence-electron chi connectivity index (χ1n) is 10.7. The van der Waals surface area contributed by atoms with Gasteiger partial charge in [0.05, 0.1) is 17.7 Å². The summed E-state index contributed by atoms with van der Waals surface area (Å²) in [4.78, 5) is 25.1. The highest BCUT2D eigenvalue weighted by molar-refractivity contribution is 6.09. The molecule has 1 heterocycles. The standard InChI is InChI=1S/C25H22F3N3O3/c1-15-22-19(30-31-21(32)13-16-7-3-2-4-8-16)11-6-12-20(22)34-23(15)24(33)29-18-10-5-9-17(14-18)25(26,27)28/h2-5,7-10,14H,6,11-13H2,1H3,(H,29,33)(H,31,32)/b30-19+. The first-order chi connectivity index (χ1) is 16.2. The van der Waals surface area contributed by atoms with Crippen LogP contribution in [0.4, 0.5) is 18.9 Å². The molecule has 0 aliphatic heterocycles. The number of nitrogens with one attached hydrogen (secondary N) is 2. The monoisotopic (exact) mass is 469 g/mol. The second-order valence-electron chi connectivity index (χ2n) is 8.00.